The van der Waals surface area contributed by atoms with E-state index in [0.29, 0.717) is 0 Å². The van der Waals surface area contributed by atoms with E-state index < -0.39 is 5.41 Å². The van der Waals surface area contributed by atoms with Gasteiger partial charge in [0.2, 0.25) is 0 Å². The number of aryl methyl sites for hydroxylation is 2. The highest BCUT2D eigenvalue weighted by molar-refractivity contribution is 6.30. The molecular formula is C71H50N2. The Balaban J connectivity index is 0.990. The van der Waals surface area contributed by atoms with Gasteiger partial charge in [0, 0.05) is 33.4 Å². The summed E-state index contributed by atoms with van der Waals surface area (Å²) in [6.07, 6.45) is 0. The molecular weight excluding hydrogens is 881 g/mol. The number of benzene rings is 12. The van der Waals surface area contributed by atoms with Gasteiger partial charge in [0.05, 0.1) is 22.1 Å². The molecule has 1 heterocycles. The van der Waals surface area contributed by atoms with Crippen molar-refractivity contribution in [2.75, 3.05) is 4.90 Å². The fourth-order valence-electron chi connectivity index (χ4n) is 12.3. The van der Waals surface area contributed by atoms with Crippen LogP contribution in [0.3, 0.4) is 0 Å². The average Bonchev–Trinajstić information content (AvgIpc) is 3.96. The van der Waals surface area contributed by atoms with E-state index in [1.54, 1.807) is 0 Å². The van der Waals surface area contributed by atoms with Crippen LogP contribution in [-0.2, 0) is 5.41 Å². The first kappa shape index (κ1) is 42.6. The molecule has 0 aliphatic heterocycles. The molecule has 344 valence electrons. The topological polar surface area (TPSA) is 8.17 Å². The van der Waals surface area contributed by atoms with Crippen molar-refractivity contribution in [1.29, 1.82) is 0 Å². The van der Waals surface area contributed by atoms with Gasteiger partial charge in [-0.1, -0.05) is 223 Å². The zero-order valence-electron chi connectivity index (χ0n) is 40.8. The first-order valence-corrected chi connectivity index (χ1v) is 25.4. The highest BCUT2D eigenvalue weighted by Crippen LogP contribution is 2.57. The second kappa shape index (κ2) is 17.0. The van der Waals surface area contributed by atoms with Crippen LogP contribution in [-0.4, -0.2) is 4.57 Å². The molecule has 2 nitrogen and oxygen atoms in total. The lowest BCUT2D eigenvalue weighted by Gasteiger charge is -2.34. The first-order chi connectivity index (χ1) is 36.0. The Morgan fingerprint density at radius 2 is 0.863 bits per heavy atom. The van der Waals surface area contributed by atoms with Crippen LogP contribution in [0, 0.1) is 13.8 Å². The standard InChI is InChI=1S/C71H50N2/c1-47-29-38-54(39-30-47)72(55-40-31-48(2)32-41-55)66-28-16-14-22-57(66)50-33-35-51(36-34-50)63-46-68-70(62-26-12-11-24-59(62)63)69-58-23-10-9-17-49(58)37-44-67(69)73(68)56-42-43-61-60-25-13-15-27-64(60)71(65(61)45-56,52-18-5-3-6-19-52)53-20-7-4-8-21-53/h3-46H,1-2H3. The molecule has 1 aliphatic rings. The van der Waals surface area contributed by atoms with Gasteiger partial charge in [-0.05, 0) is 140 Å². The third kappa shape index (κ3) is 6.64. The third-order valence-electron chi connectivity index (χ3n) is 15.6. The number of aromatic nitrogens is 1. The van der Waals surface area contributed by atoms with Gasteiger partial charge in [0.15, 0.2) is 0 Å². The van der Waals surface area contributed by atoms with Gasteiger partial charge in [-0.25, -0.2) is 0 Å². The van der Waals surface area contributed by atoms with Crippen molar-refractivity contribution >= 4 is 60.4 Å². The van der Waals surface area contributed by atoms with E-state index in [0.717, 1.165) is 28.3 Å². The van der Waals surface area contributed by atoms with Crippen LogP contribution in [0.1, 0.15) is 33.4 Å². The Bertz CT molecular complexity index is 4160. The zero-order valence-corrected chi connectivity index (χ0v) is 40.8. The predicted octanol–water partition coefficient (Wildman–Crippen LogP) is 18.9. The molecule has 0 unspecified atom stereocenters. The summed E-state index contributed by atoms with van der Waals surface area (Å²) in [6.45, 7) is 4.29. The monoisotopic (exact) mass is 930 g/mol. The van der Waals surface area contributed by atoms with Crippen LogP contribution in [0.4, 0.5) is 17.1 Å². The van der Waals surface area contributed by atoms with Crippen LogP contribution < -0.4 is 4.90 Å². The number of nitrogens with zero attached hydrogens (tertiary/aromatic N) is 2. The Morgan fingerprint density at radius 1 is 0.342 bits per heavy atom. The molecule has 0 atom stereocenters. The fourth-order valence-corrected chi connectivity index (χ4v) is 12.3. The van der Waals surface area contributed by atoms with Crippen LogP contribution in [0.5, 0.6) is 0 Å². The molecule has 0 saturated heterocycles. The van der Waals surface area contributed by atoms with E-state index in [1.807, 2.05) is 0 Å². The molecule has 0 bridgehead atoms. The lowest BCUT2D eigenvalue weighted by atomic mass is 9.67. The summed E-state index contributed by atoms with van der Waals surface area (Å²) in [6, 6.07) is 99.3. The molecule has 13 aromatic rings. The molecule has 0 amide bonds. The van der Waals surface area contributed by atoms with Crippen LogP contribution in [0.15, 0.2) is 267 Å². The van der Waals surface area contributed by atoms with Crippen molar-refractivity contribution in [3.63, 3.8) is 0 Å². The van der Waals surface area contributed by atoms with E-state index in [1.165, 1.54) is 105 Å². The second-order valence-corrected chi connectivity index (χ2v) is 19.7. The molecule has 0 fully saturated rings. The summed E-state index contributed by atoms with van der Waals surface area (Å²) in [5.41, 5.74) is 21.2. The highest BCUT2D eigenvalue weighted by atomic mass is 15.1. The van der Waals surface area contributed by atoms with Crippen molar-refractivity contribution in [3.05, 3.63) is 300 Å². The zero-order chi connectivity index (χ0) is 48.6. The number of rotatable bonds is 8. The normalized spacial score (nSPS) is 12.6. The Kier molecular flexibility index (Phi) is 9.91. The third-order valence-corrected chi connectivity index (χ3v) is 15.6. The minimum Gasteiger partial charge on any atom is -0.310 e. The molecule has 12 aromatic carbocycles. The molecule has 1 aliphatic carbocycles. The van der Waals surface area contributed by atoms with E-state index in [-0.39, 0.29) is 0 Å². The van der Waals surface area contributed by atoms with Crippen LogP contribution in [0.2, 0.25) is 0 Å². The van der Waals surface area contributed by atoms with E-state index in [9.17, 15) is 0 Å². The molecule has 14 rings (SSSR count). The molecule has 2 heteroatoms. The molecule has 0 N–H and O–H groups in total. The SMILES string of the molecule is Cc1ccc(N(c2ccc(C)cc2)c2ccccc2-c2ccc(-c3cc4c(c5ccccc35)c3c5ccccc5ccc3n4-c3ccc4c(c3)C(c3ccccc3)(c3ccccc3)c3ccccc3-4)cc2)cc1. The molecule has 1 aromatic heterocycles. The Labute approximate surface area is 426 Å². The van der Waals surface area contributed by atoms with Crippen LogP contribution in [0.25, 0.3) is 82.4 Å². The van der Waals surface area contributed by atoms with Gasteiger partial charge >= 0.3 is 0 Å². The van der Waals surface area contributed by atoms with Crippen molar-refractivity contribution in [3.8, 4) is 39.1 Å². The number of anilines is 3. The van der Waals surface area contributed by atoms with Gasteiger partial charge in [-0.2, -0.15) is 0 Å². The van der Waals surface area contributed by atoms with E-state index in [2.05, 4.69) is 290 Å². The van der Waals surface area contributed by atoms with Gasteiger partial charge in [0.1, 0.15) is 0 Å². The van der Waals surface area contributed by atoms with E-state index >= 15 is 0 Å². The Hall–Kier alpha value is -9.24. The molecule has 0 spiro atoms. The highest BCUT2D eigenvalue weighted by Gasteiger charge is 2.46. The minimum atomic E-state index is -0.522. The summed E-state index contributed by atoms with van der Waals surface area (Å²) in [5, 5.41) is 7.51. The summed E-state index contributed by atoms with van der Waals surface area (Å²) in [4.78, 5) is 2.38. The minimum absolute atomic E-state index is 0.522. The molecule has 0 saturated carbocycles. The lowest BCUT2D eigenvalue weighted by molar-refractivity contribution is 0.767. The van der Waals surface area contributed by atoms with Gasteiger partial charge in [0.25, 0.3) is 0 Å². The van der Waals surface area contributed by atoms with Gasteiger partial charge in [-0.15, -0.1) is 0 Å². The quantitative estimate of drug-likeness (QED) is 0.147. The maximum Gasteiger partial charge on any atom is 0.0714 e. The van der Waals surface area contributed by atoms with Gasteiger partial charge in [-0.3, -0.25) is 0 Å². The van der Waals surface area contributed by atoms with Gasteiger partial charge < -0.3 is 9.47 Å². The average molecular weight is 931 g/mol. The van der Waals surface area contributed by atoms with Crippen molar-refractivity contribution in [1.82, 2.24) is 4.57 Å². The number of fused-ring (bicyclic) bond motifs is 10. The largest absolute Gasteiger partial charge is 0.310 e. The fraction of sp³-hybridized carbons (Fsp3) is 0.0423. The number of para-hydroxylation sites is 1. The number of hydrogen-bond acceptors (Lipinski definition) is 1. The smallest absolute Gasteiger partial charge is 0.0714 e. The molecule has 0 radical (unpaired) electrons. The number of hydrogen-bond donors (Lipinski definition) is 0. The van der Waals surface area contributed by atoms with Crippen molar-refractivity contribution < 1.29 is 0 Å². The van der Waals surface area contributed by atoms with Crippen molar-refractivity contribution in [2.24, 2.45) is 0 Å². The van der Waals surface area contributed by atoms with E-state index in [4.69, 9.17) is 0 Å². The lowest BCUT2D eigenvalue weighted by Crippen LogP contribution is -2.28. The second-order valence-electron chi connectivity index (χ2n) is 19.7. The van der Waals surface area contributed by atoms with Crippen molar-refractivity contribution in [2.45, 2.75) is 19.3 Å². The molecule has 73 heavy (non-hydrogen) atoms. The summed E-state index contributed by atoms with van der Waals surface area (Å²) in [7, 11) is 0. The summed E-state index contributed by atoms with van der Waals surface area (Å²) in [5.74, 6) is 0. The summed E-state index contributed by atoms with van der Waals surface area (Å²) < 4.78 is 2.55. The predicted molar refractivity (Wildman–Crippen MR) is 308 cm³/mol. The maximum atomic E-state index is 2.55. The summed E-state index contributed by atoms with van der Waals surface area (Å²) >= 11 is 0. The van der Waals surface area contributed by atoms with Crippen LogP contribution >= 0.6 is 0 Å². The Morgan fingerprint density at radius 3 is 1.53 bits per heavy atom. The first-order valence-electron chi connectivity index (χ1n) is 25.4. The maximum absolute atomic E-state index is 2.55.